The molecule has 0 aromatic heterocycles. The average molecular weight is 344 g/mol. The number of rotatable bonds is 5. The third-order valence-corrected chi connectivity index (χ3v) is 4.54. The number of carbonyl (C=O) groups excluding carboxylic acids is 1. The van der Waals surface area contributed by atoms with Gasteiger partial charge in [-0.2, -0.15) is 0 Å². The summed E-state index contributed by atoms with van der Waals surface area (Å²) in [7, 11) is 0. The Hall–Kier alpha value is -0.970. The molecule has 1 aromatic carbocycles. The quantitative estimate of drug-likeness (QED) is 0.785. The number of piperidine rings is 1. The maximum absolute atomic E-state index is 11.8. The van der Waals surface area contributed by atoms with Crippen LogP contribution in [0.5, 0.6) is 0 Å². The van der Waals surface area contributed by atoms with Gasteiger partial charge in [0, 0.05) is 11.6 Å². The first-order valence-electron chi connectivity index (χ1n) is 7.77. The lowest BCUT2D eigenvalue weighted by Gasteiger charge is -2.30. The fourth-order valence-corrected chi connectivity index (χ4v) is 3.00. The van der Waals surface area contributed by atoms with E-state index in [0.717, 1.165) is 18.9 Å². The Morgan fingerprint density at radius 3 is 2.73 bits per heavy atom. The van der Waals surface area contributed by atoms with Crippen LogP contribution in [0.1, 0.15) is 26.2 Å². The summed E-state index contributed by atoms with van der Waals surface area (Å²) in [6.45, 7) is 6.35. The zero-order valence-corrected chi connectivity index (χ0v) is 14.4. The second kappa shape index (κ2) is 8.61. The molecule has 6 heteroatoms. The van der Waals surface area contributed by atoms with E-state index in [1.165, 1.54) is 25.9 Å². The number of amides is 2. The molecule has 0 saturated carbocycles. The number of nitrogens with one attached hydrogen (secondary N) is 2. The van der Waals surface area contributed by atoms with E-state index >= 15 is 0 Å². The molecular formula is C16H23Cl2N3O. The van der Waals surface area contributed by atoms with Gasteiger partial charge in [0.1, 0.15) is 0 Å². The number of carbonyl (C=O) groups is 1. The van der Waals surface area contributed by atoms with Gasteiger partial charge in [0.05, 0.1) is 10.7 Å². The molecule has 0 atom stereocenters. The maximum Gasteiger partial charge on any atom is 0.319 e. The maximum atomic E-state index is 11.8. The minimum absolute atomic E-state index is 0.239. The van der Waals surface area contributed by atoms with Gasteiger partial charge in [0.25, 0.3) is 0 Å². The summed E-state index contributed by atoms with van der Waals surface area (Å²) < 4.78 is 0. The SMILES string of the molecule is CC1CCN(CCCNC(=O)Nc2ccc(Cl)cc2Cl)CC1. The standard InChI is InChI=1S/C16H23Cl2N3O/c1-12-5-9-21(10-6-12)8-2-7-19-16(22)20-15-4-3-13(17)11-14(15)18/h3-4,11-12H,2,5-10H2,1H3,(H2,19,20,22). The van der Waals surface area contributed by atoms with Crippen molar-refractivity contribution in [3.05, 3.63) is 28.2 Å². The predicted molar refractivity (Wildman–Crippen MR) is 92.9 cm³/mol. The molecule has 1 aliphatic heterocycles. The van der Waals surface area contributed by atoms with Crippen molar-refractivity contribution in [2.45, 2.75) is 26.2 Å². The molecule has 1 aromatic rings. The molecule has 2 amide bonds. The number of hydrogen-bond donors (Lipinski definition) is 2. The lowest BCUT2D eigenvalue weighted by molar-refractivity contribution is 0.190. The van der Waals surface area contributed by atoms with Crippen molar-refractivity contribution in [2.24, 2.45) is 5.92 Å². The molecule has 4 nitrogen and oxygen atoms in total. The molecule has 0 spiro atoms. The number of nitrogens with zero attached hydrogens (tertiary/aromatic N) is 1. The Bertz CT molecular complexity index is 502. The Labute approximate surface area is 142 Å². The van der Waals surface area contributed by atoms with Crippen LogP contribution in [0.2, 0.25) is 10.0 Å². The molecule has 0 unspecified atom stereocenters. The van der Waals surface area contributed by atoms with E-state index in [-0.39, 0.29) is 6.03 Å². The van der Waals surface area contributed by atoms with Gasteiger partial charge in [-0.15, -0.1) is 0 Å². The fraction of sp³-hybridized carbons (Fsp3) is 0.562. The first-order valence-corrected chi connectivity index (χ1v) is 8.52. The summed E-state index contributed by atoms with van der Waals surface area (Å²) in [5.74, 6) is 0.851. The number of urea groups is 1. The number of anilines is 1. The van der Waals surface area contributed by atoms with Crippen molar-refractivity contribution in [1.82, 2.24) is 10.2 Å². The van der Waals surface area contributed by atoms with Crippen molar-refractivity contribution >= 4 is 34.9 Å². The zero-order valence-electron chi connectivity index (χ0n) is 12.9. The van der Waals surface area contributed by atoms with E-state index in [2.05, 4.69) is 22.5 Å². The van der Waals surface area contributed by atoms with Crippen LogP contribution >= 0.6 is 23.2 Å². The minimum atomic E-state index is -0.239. The average Bonchev–Trinajstić information content (AvgIpc) is 2.48. The number of likely N-dealkylation sites (tertiary alicyclic amines) is 1. The summed E-state index contributed by atoms with van der Waals surface area (Å²) in [6.07, 6.45) is 3.52. The Kier molecular flexibility index (Phi) is 6.80. The van der Waals surface area contributed by atoms with E-state index in [4.69, 9.17) is 23.2 Å². The van der Waals surface area contributed by atoms with Gasteiger partial charge in [0.2, 0.25) is 0 Å². The molecule has 2 N–H and O–H groups in total. The van der Waals surface area contributed by atoms with E-state index < -0.39 is 0 Å². The van der Waals surface area contributed by atoms with E-state index in [0.29, 0.717) is 22.3 Å². The Morgan fingerprint density at radius 1 is 1.32 bits per heavy atom. The summed E-state index contributed by atoms with van der Waals surface area (Å²) in [5.41, 5.74) is 0.564. The number of halogens is 2. The summed E-state index contributed by atoms with van der Waals surface area (Å²) in [5, 5.41) is 6.56. The highest BCUT2D eigenvalue weighted by Gasteiger charge is 2.14. The molecule has 2 rings (SSSR count). The molecule has 1 saturated heterocycles. The summed E-state index contributed by atoms with van der Waals surface area (Å²) in [4.78, 5) is 14.3. The third-order valence-electron chi connectivity index (χ3n) is 3.99. The van der Waals surface area contributed by atoms with E-state index in [1.807, 2.05) is 0 Å². The lowest BCUT2D eigenvalue weighted by atomic mass is 9.99. The molecule has 1 heterocycles. The first-order chi connectivity index (χ1) is 10.5. The van der Waals surface area contributed by atoms with Crippen molar-refractivity contribution < 1.29 is 4.79 Å². The van der Waals surface area contributed by atoms with Crippen LogP contribution in [-0.2, 0) is 0 Å². The van der Waals surface area contributed by atoms with Crippen LogP contribution in [0.4, 0.5) is 10.5 Å². The van der Waals surface area contributed by atoms with Gasteiger partial charge in [-0.1, -0.05) is 30.1 Å². The monoisotopic (exact) mass is 343 g/mol. The second-order valence-corrected chi connectivity index (χ2v) is 6.73. The third kappa shape index (κ3) is 5.67. The number of hydrogen-bond acceptors (Lipinski definition) is 2. The van der Waals surface area contributed by atoms with Crippen LogP contribution in [-0.4, -0.2) is 37.1 Å². The largest absolute Gasteiger partial charge is 0.338 e. The van der Waals surface area contributed by atoms with Gasteiger partial charge >= 0.3 is 6.03 Å². The highest BCUT2D eigenvalue weighted by molar-refractivity contribution is 6.36. The normalized spacial score (nSPS) is 16.5. The molecule has 22 heavy (non-hydrogen) atoms. The summed E-state index contributed by atoms with van der Waals surface area (Å²) in [6, 6.07) is 4.76. The molecular weight excluding hydrogens is 321 g/mol. The highest BCUT2D eigenvalue weighted by Crippen LogP contribution is 2.25. The molecule has 122 valence electrons. The topological polar surface area (TPSA) is 44.4 Å². The van der Waals surface area contributed by atoms with E-state index in [9.17, 15) is 4.79 Å². The Morgan fingerprint density at radius 2 is 2.05 bits per heavy atom. The molecule has 1 aliphatic rings. The smallest absolute Gasteiger partial charge is 0.319 e. The van der Waals surface area contributed by atoms with E-state index in [1.54, 1.807) is 18.2 Å². The molecule has 0 bridgehead atoms. The van der Waals surface area contributed by atoms with Crippen molar-refractivity contribution in [3.8, 4) is 0 Å². The highest BCUT2D eigenvalue weighted by atomic mass is 35.5. The van der Waals surface area contributed by atoms with Gasteiger partial charge in [-0.3, -0.25) is 0 Å². The van der Waals surface area contributed by atoms with Crippen LogP contribution in [0.15, 0.2) is 18.2 Å². The van der Waals surface area contributed by atoms with Crippen LogP contribution in [0.25, 0.3) is 0 Å². The van der Waals surface area contributed by atoms with Crippen LogP contribution in [0.3, 0.4) is 0 Å². The van der Waals surface area contributed by atoms with Gasteiger partial charge in [-0.25, -0.2) is 4.79 Å². The van der Waals surface area contributed by atoms with Gasteiger partial charge in [0.15, 0.2) is 0 Å². The van der Waals surface area contributed by atoms with Crippen molar-refractivity contribution in [2.75, 3.05) is 31.5 Å². The Balaban J connectivity index is 1.63. The minimum Gasteiger partial charge on any atom is -0.338 e. The van der Waals surface area contributed by atoms with Gasteiger partial charge < -0.3 is 15.5 Å². The zero-order chi connectivity index (χ0) is 15.9. The molecule has 1 fully saturated rings. The lowest BCUT2D eigenvalue weighted by Crippen LogP contribution is -2.36. The van der Waals surface area contributed by atoms with Crippen molar-refractivity contribution in [3.63, 3.8) is 0 Å². The first kappa shape index (κ1) is 17.4. The second-order valence-electron chi connectivity index (χ2n) is 5.88. The van der Waals surface area contributed by atoms with Crippen LogP contribution in [0, 0.1) is 5.92 Å². The fourth-order valence-electron chi connectivity index (χ4n) is 2.55. The summed E-state index contributed by atoms with van der Waals surface area (Å²) >= 11 is 11.8. The number of benzene rings is 1. The van der Waals surface area contributed by atoms with Crippen molar-refractivity contribution in [1.29, 1.82) is 0 Å². The predicted octanol–water partition coefficient (Wildman–Crippen LogP) is 4.24. The van der Waals surface area contributed by atoms with Gasteiger partial charge in [-0.05, 0) is 63.0 Å². The molecule has 0 aliphatic carbocycles. The van der Waals surface area contributed by atoms with Crippen LogP contribution < -0.4 is 10.6 Å². The molecule has 0 radical (unpaired) electrons.